The number of rotatable bonds is 2. The number of aliphatic hydroxyl groups excluding tert-OH is 1. The van der Waals surface area contributed by atoms with Crippen molar-refractivity contribution in [3.63, 3.8) is 0 Å². The largest absolute Gasteiger partial charge is 0.465 e. The molecule has 6 nitrogen and oxygen atoms in total. The zero-order chi connectivity index (χ0) is 20.7. The molecule has 5 aliphatic carbocycles. The Hall–Kier alpha value is -0.980. The quantitative estimate of drug-likeness (QED) is 0.693. The monoisotopic (exact) mass is 417 g/mol. The smallest absolute Gasteiger partial charge is 0.312 e. The summed E-state index contributed by atoms with van der Waals surface area (Å²) in [6.07, 6.45) is 5.53. The van der Waals surface area contributed by atoms with Gasteiger partial charge in [-0.15, -0.1) is 0 Å². The second-order valence-electron chi connectivity index (χ2n) is 11.4. The Morgan fingerprint density at radius 3 is 2.67 bits per heavy atom. The molecule has 1 spiro atoms. The number of nitrogens with zero attached hydrogens (tertiary/aromatic N) is 1. The first-order valence-electron chi connectivity index (χ1n) is 12.1. The summed E-state index contributed by atoms with van der Waals surface area (Å²) in [5.41, 5.74) is -1.35. The number of aliphatic hydroxyl groups is 1. The summed E-state index contributed by atoms with van der Waals surface area (Å²) in [5.74, 6) is 0.619. The topological polar surface area (TPSA) is 76.1 Å². The van der Waals surface area contributed by atoms with Crippen LogP contribution >= 0.6 is 0 Å². The lowest BCUT2D eigenvalue weighted by Crippen LogP contribution is -2.74. The molecule has 2 heterocycles. The summed E-state index contributed by atoms with van der Waals surface area (Å²) in [7, 11) is 0. The van der Waals surface area contributed by atoms with E-state index in [2.05, 4.69) is 11.8 Å². The van der Waals surface area contributed by atoms with Crippen molar-refractivity contribution < 1.29 is 24.2 Å². The van der Waals surface area contributed by atoms with E-state index < -0.39 is 16.9 Å². The highest BCUT2D eigenvalue weighted by atomic mass is 16.5. The van der Waals surface area contributed by atoms with Crippen LogP contribution in [0, 0.1) is 39.9 Å². The van der Waals surface area contributed by atoms with E-state index in [0.29, 0.717) is 18.9 Å². The molecular formula is C24H35NO5. The standard InChI is InChI=1S/C24H35NO5/c1-22-4-2-5-23(21(28)30-14-22)17(22)12-19(26)24-6-3-15(11-18(23)24)16(20(24)27)13-25-7-9-29-10-8-25/h15-19,26H,2-14H2,1H3/t15-,16+,17?,18?,19+,22-,23-,24+/m0/s1. The maximum absolute atomic E-state index is 14.1. The lowest BCUT2D eigenvalue weighted by Gasteiger charge is -2.70. The van der Waals surface area contributed by atoms with Gasteiger partial charge in [0.05, 0.1) is 36.8 Å². The van der Waals surface area contributed by atoms with Crippen LogP contribution in [0.2, 0.25) is 0 Å². The fraction of sp³-hybridized carbons (Fsp3) is 0.917. The highest BCUT2D eigenvalue weighted by molar-refractivity contribution is 5.92. The lowest BCUT2D eigenvalue weighted by molar-refractivity contribution is -0.262. The molecule has 0 amide bonds. The van der Waals surface area contributed by atoms with Crippen LogP contribution in [0.25, 0.3) is 0 Å². The third-order valence-electron chi connectivity index (χ3n) is 10.4. The molecule has 0 aromatic carbocycles. The number of morpholine rings is 1. The van der Waals surface area contributed by atoms with Crippen LogP contribution < -0.4 is 0 Å². The van der Waals surface area contributed by atoms with Crippen LogP contribution in [0.4, 0.5) is 0 Å². The molecule has 2 aliphatic heterocycles. The van der Waals surface area contributed by atoms with E-state index in [-0.39, 0.29) is 34.9 Å². The Kier molecular flexibility index (Phi) is 4.28. The van der Waals surface area contributed by atoms with E-state index in [1.807, 2.05) is 0 Å². The number of fused-ring (bicyclic) bond motifs is 2. The minimum atomic E-state index is -0.739. The van der Waals surface area contributed by atoms with E-state index in [1.54, 1.807) is 0 Å². The van der Waals surface area contributed by atoms with E-state index in [0.717, 1.165) is 71.4 Å². The highest BCUT2D eigenvalue weighted by Gasteiger charge is 2.76. The van der Waals surface area contributed by atoms with Gasteiger partial charge < -0.3 is 14.6 Å². The average molecular weight is 418 g/mol. The normalized spacial score (nSPS) is 53.1. The van der Waals surface area contributed by atoms with Crippen LogP contribution in [0.15, 0.2) is 0 Å². The van der Waals surface area contributed by atoms with E-state index in [1.165, 1.54) is 0 Å². The number of ether oxygens (including phenoxy) is 2. The number of Topliss-reactive ketones (excluding diaryl/α,β-unsaturated/α-hetero) is 1. The average Bonchev–Trinajstić information content (AvgIpc) is 2.75. The number of carbonyl (C=O) groups is 2. The van der Waals surface area contributed by atoms with Crippen molar-refractivity contribution >= 4 is 11.8 Å². The number of cyclic esters (lactones) is 1. The summed E-state index contributed by atoms with van der Waals surface area (Å²) < 4.78 is 11.3. The van der Waals surface area contributed by atoms with Crippen LogP contribution in [0.5, 0.6) is 0 Å². The van der Waals surface area contributed by atoms with Gasteiger partial charge in [0.1, 0.15) is 5.78 Å². The first-order chi connectivity index (χ1) is 14.4. The van der Waals surface area contributed by atoms with Crippen LogP contribution in [-0.4, -0.2) is 67.3 Å². The van der Waals surface area contributed by atoms with E-state index >= 15 is 0 Å². The van der Waals surface area contributed by atoms with Gasteiger partial charge in [0.15, 0.2) is 0 Å². The summed E-state index contributed by atoms with van der Waals surface area (Å²) in [4.78, 5) is 29.8. The van der Waals surface area contributed by atoms with Crippen molar-refractivity contribution in [2.24, 2.45) is 39.9 Å². The van der Waals surface area contributed by atoms with Gasteiger partial charge >= 0.3 is 5.97 Å². The van der Waals surface area contributed by atoms with Gasteiger partial charge in [0.2, 0.25) is 0 Å². The second kappa shape index (κ2) is 6.52. The molecule has 0 aromatic heterocycles. The maximum atomic E-state index is 14.1. The lowest BCUT2D eigenvalue weighted by atomic mass is 9.34. The summed E-state index contributed by atoms with van der Waals surface area (Å²) >= 11 is 0. The number of carbonyl (C=O) groups excluding carboxylic acids is 2. The van der Waals surface area contributed by atoms with Crippen LogP contribution in [0.1, 0.15) is 51.9 Å². The van der Waals surface area contributed by atoms with E-state index in [9.17, 15) is 14.7 Å². The summed E-state index contributed by atoms with van der Waals surface area (Å²) in [6, 6.07) is 0. The van der Waals surface area contributed by atoms with Crippen molar-refractivity contribution in [3.05, 3.63) is 0 Å². The highest BCUT2D eigenvalue weighted by Crippen LogP contribution is 2.72. The Morgan fingerprint density at radius 1 is 1.07 bits per heavy atom. The molecule has 7 rings (SSSR count). The van der Waals surface area contributed by atoms with Gasteiger partial charge in [0, 0.05) is 31.0 Å². The van der Waals surface area contributed by atoms with Gasteiger partial charge in [-0.05, 0) is 56.3 Å². The van der Waals surface area contributed by atoms with Crippen molar-refractivity contribution in [1.29, 1.82) is 0 Å². The predicted octanol–water partition coefficient (Wildman–Crippen LogP) is 2.03. The molecule has 7 aliphatic rings. The molecule has 4 bridgehead atoms. The molecule has 2 saturated heterocycles. The third kappa shape index (κ3) is 2.31. The molecule has 30 heavy (non-hydrogen) atoms. The fourth-order valence-electron chi connectivity index (χ4n) is 9.00. The van der Waals surface area contributed by atoms with Crippen LogP contribution in [-0.2, 0) is 19.1 Å². The van der Waals surface area contributed by atoms with Crippen molar-refractivity contribution in [3.8, 4) is 0 Å². The maximum Gasteiger partial charge on any atom is 0.312 e. The molecule has 2 unspecified atom stereocenters. The third-order valence-corrected chi connectivity index (χ3v) is 10.4. The van der Waals surface area contributed by atoms with Crippen LogP contribution in [0.3, 0.4) is 0 Å². The molecule has 7 fully saturated rings. The molecule has 8 atom stereocenters. The molecule has 5 saturated carbocycles. The zero-order valence-corrected chi connectivity index (χ0v) is 18.1. The van der Waals surface area contributed by atoms with Gasteiger partial charge in [-0.1, -0.05) is 13.3 Å². The fourth-order valence-corrected chi connectivity index (χ4v) is 9.00. The number of hydrogen-bond donors (Lipinski definition) is 1. The summed E-state index contributed by atoms with van der Waals surface area (Å²) in [6.45, 7) is 6.73. The number of hydrogen-bond acceptors (Lipinski definition) is 6. The molecule has 0 radical (unpaired) electrons. The summed E-state index contributed by atoms with van der Waals surface area (Å²) in [5, 5.41) is 11.6. The number of esters is 1. The van der Waals surface area contributed by atoms with Gasteiger partial charge in [-0.3, -0.25) is 14.5 Å². The van der Waals surface area contributed by atoms with E-state index in [4.69, 9.17) is 9.47 Å². The van der Waals surface area contributed by atoms with Gasteiger partial charge in [-0.2, -0.15) is 0 Å². The SMILES string of the molecule is C[C@]12CCC[C@]3(C(=O)OC1)C2C[C@@H](O)[C@@]12CC[C@@H](CC31)[C@@H](CN1CCOCC1)C2=O. The predicted molar refractivity (Wildman–Crippen MR) is 108 cm³/mol. The Bertz CT molecular complexity index is 765. The van der Waals surface area contributed by atoms with Crippen molar-refractivity contribution in [2.75, 3.05) is 39.5 Å². The minimum Gasteiger partial charge on any atom is -0.465 e. The Labute approximate surface area is 178 Å². The second-order valence-corrected chi connectivity index (χ2v) is 11.4. The van der Waals surface area contributed by atoms with Crippen molar-refractivity contribution in [2.45, 2.75) is 58.0 Å². The van der Waals surface area contributed by atoms with Gasteiger partial charge in [0.25, 0.3) is 0 Å². The molecule has 0 aromatic rings. The van der Waals surface area contributed by atoms with Crippen molar-refractivity contribution in [1.82, 2.24) is 4.90 Å². The minimum absolute atomic E-state index is 0.00900. The zero-order valence-electron chi connectivity index (χ0n) is 18.1. The first kappa shape index (κ1) is 19.7. The Morgan fingerprint density at radius 2 is 1.87 bits per heavy atom. The molecular weight excluding hydrogens is 382 g/mol. The number of ketones is 1. The Balaban J connectivity index is 1.38. The molecule has 6 heteroatoms. The first-order valence-corrected chi connectivity index (χ1v) is 12.1. The molecule has 1 N–H and O–H groups in total. The van der Waals surface area contributed by atoms with Gasteiger partial charge in [-0.25, -0.2) is 0 Å². The molecule has 166 valence electrons.